The summed E-state index contributed by atoms with van der Waals surface area (Å²) in [7, 11) is 0. The fourth-order valence-electron chi connectivity index (χ4n) is 19.2. The molecule has 28 rings (SSSR count). The highest BCUT2D eigenvalue weighted by atomic mass is 32.1. The number of fused-ring (bicyclic) bond motifs is 44. The number of furan rings is 2. The number of thiophene rings is 2. The molecule has 0 radical (unpaired) electrons. The molecule has 0 aliphatic rings. The van der Waals surface area contributed by atoms with Gasteiger partial charge in [0.15, 0.2) is 0 Å². The maximum absolute atomic E-state index is 6.19. The van der Waals surface area contributed by atoms with E-state index in [0.29, 0.717) is 0 Å². The van der Waals surface area contributed by atoms with E-state index in [1.165, 1.54) is 186 Å². The number of hydrogen-bond donors (Lipinski definition) is 0. The molecule has 20 aromatic carbocycles. The van der Waals surface area contributed by atoms with Crippen LogP contribution in [0.25, 0.3) is 257 Å². The SMILES string of the molecule is c1ccc2c(c1)ccc1c3cc4c(cc3c3cccnc3c21)oc1ccccc14.c1ccc2c(c1)ccc1c3cc4c(cc3c3cccnc3c21)sc1ccccc14.c1ccc2c(c1)ccc1c3cc4oc5ccccc5c4cc3c3cccnc3c21.c1ccc2c(c1)ccc1c3cc4sc5ccccc5c4cc3c3cccnc3c21. The minimum atomic E-state index is 0.920. The van der Waals surface area contributed by atoms with Crippen LogP contribution < -0.4 is 0 Å². The first kappa shape index (κ1) is 64.8. The van der Waals surface area contributed by atoms with E-state index in [0.717, 1.165) is 71.3 Å². The molecule has 8 heterocycles. The number of aromatic nitrogens is 4. The molecule has 0 N–H and O–H groups in total. The molecule has 0 amide bonds. The second-order valence-electron chi connectivity index (χ2n) is 30.4. The van der Waals surface area contributed by atoms with Crippen LogP contribution in [0, 0.1) is 0 Å². The van der Waals surface area contributed by atoms with Crippen LogP contribution in [0.1, 0.15) is 0 Å². The Bertz CT molecular complexity index is 8610. The Morgan fingerprint density at radius 3 is 0.776 bits per heavy atom. The fourth-order valence-corrected chi connectivity index (χ4v) is 21.4. The van der Waals surface area contributed by atoms with E-state index in [1.54, 1.807) is 0 Å². The van der Waals surface area contributed by atoms with Gasteiger partial charge in [0.2, 0.25) is 0 Å². The van der Waals surface area contributed by atoms with Gasteiger partial charge in [0.25, 0.3) is 0 Å². The third kappa shape index (κ3) is 9.75. The molecular formula is C108H60N4O2S2. The minimum absolute atomic E-state index is 0.920. The highest BCUT2D eigenvalue weighted by Crippen LogP contribution is 2.49. The summed E-state index contributed by atoms with van der Waals surface area (Å²) in [6, 6.07) is 122. The first-order valence-electron chi connectivity index (χ1n) is 39.3. The Kier molecular flexibility index (Phi) is 14.2. The van der Waals surface area contributed by atoms with E-state index in [2.05, 4.69) is 297 Å². The van der Waals surface area contributed by atoms with Crippen molar-refractivity contribution in [3.8, 4) is 0 Å². The fraction of sp³-hybridized carbons (Fsp3) is 0. The van der Waals surface area contributed by atoms with Crippen molar-refractivity contribution in [1.82, 2.24) is 19.9 Å². The Morgan fingerprint density at radius 1 is 0.155 bits per heavy atom. The van der Waals surface area contributed by atoms with Crippen molar-refractivity contribution >= 4 is 280 Å². The van der Waals surface area contributed by atoms with E-state index < -0.39 is 0 Å². The van der Waals surface area contributed by atoms with Crippen LogP contribution >= 0.6 is 22.7 Å². The summed E-state index contributed by atoms with van der Waals surface area (Å²) in [6.45, 7) is 0. The van der Waals surface area contributed by atoms with Gasteiger partial charge in [0.05, 0.1) is 22.1 Å². The Hall–Kier alpha value is -14.8. The zero-order valence-corrected chi connectivity index (χ0v) is 63.7. The van der Waals surface area contributed by atoms with Gasteiger partial charge in [0.1, 0.15) is 22.3 Å². The van der Waals surface area contributed by atoms with Crippen molar-refractivity contribution in [2.75, 3.05) is 0 Å². The van der Waals surface area contributed by atoms with Gasteiger partial charge in [-0.1, -0.05) is 243 Å². The van der Waals surface area contributed by atoms with Crippen LogP contribution in [-0.4, -0.2) is 19.9 Å². The van der Waals surface area contributed by atoms with Crippen molar-refractivity contribution in [3.05, 3.63) is 365 Å². The number of benzene rings is 20. The molecule has 0 saturated carbocycles. The molecule has 8 heteroatoms. The highest BCUT2D eigenvalue weighted by molar-refractivity contribution is 7.26. The summed E-state index contributed by atoms with van der Waals surface area (Å²) in [5.74, 6) is 0. The molecule has 0 bridgehead atoms. The Balaban J connectivity index is 0.0000000866. The van der Waals surface area contributed by atoms with Gasteiger partial charge in [-0.2, -0.15) is 0 Å². The quantitative estimate of drug-likeness (QED) is 0.141. The third-order valence-electron chi connectivity index (χ3n) is 24.3. The van der Waals surface area contributed by atoms with Crippen molar-refractivity contribution in [3.63, 3.8) is 0 Å². The molecule has 0 aliphatic heterocycles. The van der Waals surface area contributed by atoms with Crippen LogP contribution in [0.2, 0.25) is 0 Å². The van der Waals surface area contributed by atoms with Crippen LogP contribution in [0.4, 0.5) is 0 Å². The van der Waals surface area contributed by atoms with Gasteiger partial charge in [0, 0.05) is 130 Å². The first-order valence-corrected chi connectivity index (χ1v) is 40.9. The van der Waals surface area contributed by atoms with Gasteiger partial charge in [-0.25, -0.2) is 0 Å². The number of rotatable bonds is 0. The van der Waals surface area contributed by atoms with Gasteiger partial charge in [-0.05, 0) is 205 Å². The molecule has 0 aliphatic carbocycles. The summed E-state index contributed by atoms with van der Waals surface area (Å²) in [5.41, 5.74) is 7.98. The van der Waals surface area contributed by atoms with Crippen molar-refractivity contribution in [2.45, 2.75) is 0 Å². The third-order valence-corrected chi connectivity index (χ3v) is 26.6. The van der Waals surface area contributed by atoms with E-state index in [9.17, 15) is 0 Å². The molecule has 0 fully saturated rings. The average molecular weight is 1510 g/mol. The first-order chi connectivity index (χ1) is 57.5. The lowest BCUT2D eigenvalue weighted by Crippen LogP contribution is -1.87. The summed E-state index contributed by atoms with van der Waals surface area (Å²) in [5, 5.41) is 44.8. The zero-order chi connectivity index (χ0) is 75.8. The lowest BCUT2D eigenvalue weighted by molar-refractivity contribution is 0.669. The minimum Gasteiger partial charge on any atom is -0.456 e. The van der Waals surface area contributed by atoms with Crippen LogP contribution in [0.3, 0.4) is 0 Å². The van der Waals surface area contributed by atoms with E-state index >= 15 is 0 Å². The normalized spacial score (nSPS) is 12.1. The van der Waals surface area contributed by atoms with Crippen LogP contribution in [0.15, 0.2) is 373 Å². The van der Waals surface area contributed by atoms with Crippen molar-refractivity contribution in [2.24, 2.45) is 0 Å². The van der Waals surface area contributed by atoms with Gasteiger partial charge in [-0.15, -0.1) is 22.7 Å². The largest absolute Gasteiger partial charge is 0.456 e. The molecule has 0 atom stereocenters. The van der Waals surface area contributed by atoms with Crippen molar-refractivity contribution < 1.29 is 8.83 Å². The van der Waals surface area contributed by atoms with E-state index in [-0.39, 0.29) is 0 Å². The Morgan fingerprint density at radius 2 is 0.414 bits per heavy atom. The predicted molar refractivity (Wildman–Crippen MR) is 497 cm³/mol. The topological polar surface area (TPSA) is 77.8 Å². The number of nitrogens with zero attached hydrogens (tertiary/aromatic N) is 4. The number of pyridine rings is 4. The van der Waals surface area contributed by atoms with E-state index in [1.807, 2.05) is 89.9 Å². The smallest absolute Gasteiger partial charge is 0.136 e. The van der Waals surface area contributed by atoms with Crippen LogP contribution in [0.5, 0.6) is 0 Å². The Labute approximate surface area is 668 Å². The lowest BCUT2D eigenvalue weighted by Gasteiger charge is -2.12. The predicted octanol–water partition coefficient (Wildman–Crippen LogP) is 31.3. The summed E-state index contributed by atoms with van der Waals surface area (Å²) < 4.78 is 17.7. The number of para-hydroxylation sites is 2. The summed E-state index contributed by atoms with van der Waals surface area (Å²) >= 11 is 3.75. The molecule has 536 valence electrons. The molecule has 0 saturated heterocycles. The van der Waals surface area contributed by atoms with E-state index in [4.69, 9.17) is 28.8 Å². The monoisotopic (exact) mass is 1510 g/mol. The molecule has 0 spiro atoms. The van der Waals surface area contributed by atoms with Gasteiger partial charge < -0.3 is 8.83 Å². The second kappa shape index (κ2) is 25.4. The average Bonchev–Trinajstić information content (AvgIpc) is 1.23. The van der Waals surface area contributed by atoms with Crippen molar-refractivity contribution in [1.29, 1.82) is 0 Å². The molecule has 6 nitrogen and oxygen atoms in total. The molecular weight excluding hydrogens is 1450 g/mol. The maximum atomic E-state index is 6.19. The molecule has 28 aromatic rings. The molecule has 8 aromatic heterocycles. The summed E-state index contributed by atoms with van der Waals surface area (Å²) in [4.78, 5) is 19.3. The van der Waals surface area contributed by atoms with Crippen LogP contribution in [-0.2, 0) is 0 Å². The maximum Gasteiger partial charge on any atom is 0.136 e. The zero-order valence-electron chi connectivity index (χ0n) is 62.1. The number of hydrogen-bond acceptors (Lipinski definition) is 8. The standard InChI is InChI=1S/2C27H15NO.2C27H15NS/c1-2-7-17-16(6-1)11-12-19-22-15-25-23(18-8-3-4-10-24(18)29-25)14-21(22)20-9-5-13-28-27(20)26(17)19;1-2-7-17-16(6-1)11-12-19-21-14-23-18-8-3-4-10-24(18)29-25(23)15-22(21)20-9-5-13-28-27(20)26(17)19;1-2-7-17-16(6-1)11-12-19-22-15-25-23(18-8-3-4-10-24(18)29-25)14-21(22)20-9-5-13-28-27(20)26(17)19;1-2-7-17-16(6-1)11-12-19-21-14-23-18-8-3-4-10-24(18)29-25(23)15-22(21)20-9-5-13-28-27(20)26(17)19/h4*1-15H. The van der Waals surface area contributed by atoms with Gasteiger partial charge in [-0.3, -0.25) is 19.9 Å². The summed E-state index contributed by atoms with van der Waals surface area (Å²) in [6.07, 6.45) is 7.59. The lowest BCUT2D eigenvalue weighted by atomic mass is 9.92. The highest BCUT2D eigenvalue weighted by Gasteiger charge is 2.22. The van der Waals surface area contributed by atoms with Gasteiger partial charge >= 0.3 is 0 Å². The molecule has 116 heavy (non-hydrogen) atoms. The molecule has 0 unspecified atom stereocenters. The second-order valence-corrected chi connectivity index (χ2v) is 32.6.